The molecule has 0 radical (unpaired) electrons. The van der Waals surface area contributed by atoms with Gasteiger partial charge >= 0.3 is 0 Å². The Morgan fingerprint density at radius 2 is 2.00 bits per heavy atom. The first-order valence-corrected chi connectivity index (χ1v) is 7.12. The van der Waals surface area contributed by atoms with E-state index >= 15 is 0 Å². The van der Waals surface area contributed by atoms with Gasteiger partial charge in [-0.3, -0.25) is 4.79 Å². The fourth-order valence-corrected chi connectivity index (χ4v) is 2.21. The van der Waals surface area contributed by atoms with Crippen molar-refractivity contribution in [2.24, 2.45) is 0 Å². The van der Waals surface area contributed by atoms with Gasteiger partial charge < -0.3 is 14.8 Å². The molecule has 1 amide bonds. The molecule has 1 heterocycles. The Morgan fingerprint density at radius 3 is 2.74 bits per heavy atom. The standard InChI is InChI=1S/C17H15N3O3/c21-15(12-5-2-1-3-6-12)10-16(22)19-14-8-4-7-13(9-14)17-20-18-11-23-17/h1-9,11,15,21H,10H2,(H,19,22). The molecule has 2 aromatic carbocycles. The summed E-state index contributed by atoms with van der Waals surface area (Å²) in [4.78, 5) is 12.1. The van der Waals surface area contributed by atoms with E-state index in [1.165, 1.54) is 6.39 Å². The van der Waals surface area contributed by atoms with Gasteiger partial charge in [0.1, 0.15) is 0 Å². The summed E-state index contributed by atoms with van der Waals surface area (Å²) < 4.78 is 5.13. The molecular weight excluding hydrogens is 294 g/mol. The molecule has 0 saturated heterocycles. The third kappa shape index (κ3) is 3.81. The van der Waals surface area contributed by atoms with Crippen LogP contribution in [0.1, 0.15) is 18.1 Å². The van der Waals surface area contributed by atoms with Crippen LogP contribution in [0.2, 0.25) is 0 Å². The molecule has 6 nitrogen and oxygen atoms in total. The molecule has 0 aliphatic carbocycles. The Morgan fingerprint density at radius 1 is 1.17 bits per heavy atom. The minimum atomic E-state index is -0.838. The normalized spacial score (nSPS) is 11.9. The average Bonchev–Trinajstić information content (AvgIpc) is 3.10. The number of amides is 1. The van der Waals surface area contributed by atoms with Gasteiger partial charge in [0.2, 0.25) is 18.2 Å². The van der Waals surface area contributed by atoms with Crippen molar-refractivity contribution >= 4 is 11.6 Å². The second-order valence-corrected chi connectivity index (χ2v) is 5.00. The number of aliphatic hydroxyl groups excluding tert-OH is 1. The number of carbonyl (C=O) groups is 1. The molecular formula is C17H15N3O3. The van der Waals surface area contributed by atoms with Gasteiger partial charge in [-0.25, -0.2) is 0 Å². The number of carbonyl (C=O) groups excluding carboxylic acids is 1. The van der Waals surface area contributed by atoms with Gasteiger partial charge in [-0.05, 0) is 23.8 Å². The van der Waals surface area contributed by atoms with Crippen LogP contribution in [-0.2, 0) is 4.79 Å². The van der Waals surface area contributed by atoms with Crippen LogP contribution in [0.15, 0.2) is 65.4 Å². The van der Waals surface area contributed by atoms with E-state index in [0.717, 1.165) is 0 Å². The molecule has 116 valence electrons. The first kappa shape index (κ1) is 14.9. The molecule has 23 heavy (non-hydrogen) atoms. The molecule has 3 rings (SSSR count). The zero-order chi connectivity index (χ0) is 16.1. The van der Waals surface area contributed by atoms with Crippen molar-refractivity contribution in [3.8, 4) is 11.5 Å². The van der Waals surface area contributed by atoms with Crippen molar-refractivity contribution in [3.05, 3.63) is 66.6 Å². The molecule has 1 aromatic heterocycles. The van der Waals surface area contributed by atoms with Crippen molar-refractivity contribution in [1.29, 1.82) is 0 Å². The molecule has 0 aliphatic rings. The van der Waals surface area contributed by atoms with Crippen LogP contribution in [-0.4, -0.2) is 21.2 Å². The lowest BCUT2D eigenvalue weighted by Gasteiger charge is -2.11. The number of nitrogens with one attached hydrogen (secondary N) is 1. The van der Waals surface area contributed by atoms with Crippen LogP contribution in [0.5, 0.6) is 0 Å². The fourth-order valence-electron chi connectivity index (χ4n) is 2.21. The SMILES string of the molecule is O=C(CC(O)c1ccccc1)Nc1cccc(-c2nnco2)c1. The molecule has 1 unspecified atom stereocenters. The molecule has 0 aliphatic heterocycles. The second-order valence-electron chi connectivity index (χ2n) is 5.00. The van der Waals surface area contributed by atoms with Crippen LogP contribution < -0.4 is 5.32 Å². The summed E-state index contributed by atoms with van der Waals surface area (Å²) in [5.41, 5.74) is 2.03. The predicted molar refractivity (Wildman–Crippen MR) is 84.4 cm³/mol. The van der Waals surface area contributed by atoms with Crippen LogP contribution in [0, 0.1) is 0 Å². The minimum absolute atomic E-state index is 0.0190. The lowest BCUT2D eigenvalue weighted by molar-refractivity contribution is -0.118. The number of anilines is 1. The van der Waals surface area contributed by atoms with E-state index in [4.69, 9.17) is 4.42 Å². The van der Waals surface area contributed by atoms with Gasteiger partial charge in [-0.1, -0.05) is 36.4 Å². The van der Waals surface area contributed by atoms with Crippen molar-refractivity contribution < 1.29 is 14.3 Å². The number of nitrogens with zero attached hydrogens (tertiary/aromatic N) is 2. The van der Waals surface area contributed by atoms with Crippen LogP contribution >= 0.6 is 0 Å². The quantitative estimate of drug-likeness (QED) is 0.756. The van der Waals surface area contributed by atoms with E-state index in [0.29, 0.717) is 22.7 Å². The van der Waals surface area contributed by atoms with Gasteiger partial charge in [-0.2, -0.15) is 0 Å². The zero-order valence-corrected chi connectivity index (χ0v) is 12.2. The molecule has 3 aromatic rings. The summed E-state index contributed by atoms with van der Waals surface area (Å²) in [5.74, 6) is 0.106. The fraction of sp³-hybridized carbons (Fsp3) is 0.118. The number of aromatic nitrogens is 2. The summed E-state index contributed by atoms with van der Waals surface area (Å²) in [7, 11) is 0. The van der Waals surface area contributed by atoms with Gasteiger partial charge in [0.25, 0.3) is 0 Å². The maximum Gasteiger partial charge on any atom is 0.247 e. The lowest BCUT2D eigenvalue weighted by atomic mass is 10.1. The highest BCUT2D eigenvalue weighted by Gasteiger charge is 2.13. The summed E-state index contributed by atoms with van der Waals surface area (Å²) in [5, 5.41) is 20.3. The largest absolute Gasteiger partial charge is 0.423 e. The third-order valence-electron chi connectivity index (χ3n) is 3.32. The first-order chi connectivity index (χ1) is 11.2. The van der Waals surface area contributed by atoms with Crippen LogP contribution in [0.3, 0.4) is 0 Å². The van der Waals surface area contributed by atoms with Crippen molar-refractivity contribution in [1.82, 2.24) is 10.2 Å². The highest BCUT2D eigenvalue weighted by Crippen LogP contribution is 2.21. The Labute approximate surface area is 132 Å². The number of hydrogen-bond donors (Lipinski definition) is 2. The summed E-state index contributed by atoms with van der Waals surface area (Å²) >= 11 is 0. The van der Waals surface area contributed by atoms with Gasteiger partial charge in [0.15, 0.2) is 0 Å². The van der Waals surface area contributed by atoms with E-state index < -0.39 is 6.10 Å². The van der Waals surface area contributed by atoms with Crippen LogP contribution in [0.4, 0.5) is 5.69 Å². The molecule has 0 fully saturated rings. The second kappa shape index (κ2) is 6.85. The molecule has 2 N–H and O–H groups in total. The van der Waals surface area contributed by atoms with Gasteiger partial charge in [0, 0.05) is 11.3 Å². The number of rotatable bonds is 5. The monoisotopic (exact) mass is 309 g/mol. The van der Waals surface area contributed by atoms with E-state index in [-0.39, 0.29) is 12.3 Å². The van der Waals surface area contributed by atoms with E-state index in [1.54, 1.807) is 30.3 Å². The summed E-state index contributed by atoms with van der Waals surface area (Å²) in [6.07, 6.45) is 0.390. The molecule has 6 heteroatoms. The summed E-state index contributed by atoms with van der Waals surface area (Å²) in [6, 6.07) is 16.2. The number of aliphatic hydroxyl groups is 1. The maximum atomic E-state index is 12.1. The summed E-state index contributed by atoms with van der Waals surface area (Å²) in [6.45, 7) is 0. The van der Waals surface area contributed by atoms with Crippen molar-refractivity contribution in [2.75, 3.05) is 5.32 Å². The predicted octanol–water partition coefficient (Wildman–Crippen LogP) is 2.80. The smallest absolute Gasteiger partial charge is 0.247 e. The maximum absolute atomic E-state index is 12.1. The Hall–Kier alpha value is -2.99. The number of benzene rings is 2. The Kier molecular flexibility index (Phi) is 4.44. The molecule has 0 spiro atoms. The number of hydrogen-bond acceptors (Lipinski definition) is 5. The third-order valence-corrected chi connectivity index (χ3v) is 3.32. The van der Waals surface area contributed by atoms with Crippen molar-refractivity contribution in [2.45, 2.75) is 12.5 Å². The topological polar surface area (TPSA) is 88.2 Å². The average molecular weight is 309 g/mol. The minimum Gasteiger partial charge on any atom is -0.423 e. The van der Waals surface area contributed by atoms with Crippen molar-refractivity contribution in [3.63, 3.8) is 0 Å². The van der Waals surface area contributed by atoms with E-state index in [2.05, 4.69) is 15.5 Å². The molecule has 0 saturated carbocycles. The Bertz CT molecular complexity index is 773. The van der Waals surface area contributed by atoms with Crippen LogP contribution in [0.25, 0.3) is 11.5 Å². The zero-order valence-electron chi connectivity index (χ0n) is 12.2. The molecule has 1 atom stereocenters. The van der Waals surface area contributed by atoms with E-state index in [1.807, 2.05) is 24.3 Å². The van der Waals surface area contributed by atoms with Gasteiger partial charge in [0.05, 0.1) is 12.5 Å². The Balaban J connectivity index is 1.65. The molecule has 0 bridgehead atoms. The van der Waals surface area contributed by atoms with Gasteiger partial charge in [-0.15, -0.1) is 10.2 Å². The van der Waals surface area contributed by atoms with E-state index in [9.17, 15) is 9.90 Å². The highest BCUT2D eigenvalue weighted by atomic mass is 16.4. The highest BCUT2D eigenvalue weighted by molar-refractivity contribution is 5.91. The lowest BCUT2D eigenvalue weighted by Crippen LogP contribution is -2.15. The first-order valence-electron chi connectivity index (χ1n) is 7.12.